The molecule has 1 aromatic carbocycles. The van der Waals surface area contributed by atoms with E-state index in [0.717, 1.165) is 37.9 Å². The summed E-state index contributed by atoms with van der Waals surface area (Å²) >= 11 is 2.07. The molecule has 2 aliphatic rings. The van der Waals surface area contributed by atoms with Gasteiger partial charge in [0.2, 0.25) is 0 Å². The van der Waals surface area contributed by atoms with Gasteiger partial charge in [0.25, 0.3) is 0 Å². The highest BCUT2D eigenvalue weighted by Gasteiger charge is 2.29. The molecular formula is C21H34N4S. The third-order valence-corrected chi connectivity index (χ3v) is 6.71. The van der Waals surface area contributed by atoms with Gasteiger partial charge in [-0.25, -0.2) is 0 Å². The van der Waals surface area contributed by atoms with Gasteiger partial charge in [-0.05, 0) is 44.7 Å². The van der Waals surface area contributed by atoms with E-state index < -0.39 is 0 Å². The van der Waals surface area contributed by atoms with Crippen molar-refractivity contribution in [3.8, 4) is 0 Å². The van der Waals surface area contributed by atoms with Gasteiger partial charge in [0.05, 0.1) is 0 Å². The molecule has 3 rings (SSSR count). The SMILES string of the molecule is CN=C(NCC1CCN(CCc2ccccc2)C1)N1CCSC(C)(C)C1. The Labute approximate surface area is 163 Å². The van der Waals surface area contributed by atoms with Crippen LogP contribution in [-0.4, -0.2) is 72.6 Å². The maximum absolute atomic E-state index is 4.54. The zero-order valence-electron chi connectivity index (χ0n) is 16.6. The van der Waals surface area contributed by atoms with Gasteiger partial charge in [-0.2, -0.15) is 11.8 Å². The summed E-state index contributed by atoms with van der Waals surface area (Å²) in [6, 6.07) is 10.8. The van der Waals surface area contributed by atoms with E-state index in [1.54, 1.807) is 0 Å². The minimum Gasteiger partial charge on any atom is -0.356 e. The molecule has 144 valence electrons. The predicted octanol–water partition coefficient (Wildman–Crippen LogP) is 2.95. The van der Waals surface area contributed by atoms with Gasteiger partial charge in [-0.1, -0.05) is 30.3 Å². The monoisotopic (exact) mass is 374 g/mol. The number of thioether (sulfide) groups is 1. The lowest BCUT2D eigenvalue weighted by atomic mass is 10.1. The normalized spacial score (nSPS) is 24.0. The summed E-state index contributed by atoms with van der Waals surface area (Å²) in [4.78, 5) is 9.58. The number of rotatable bonds is 5. The molecular weight excluding hydrogens is 340 g/mol. The molecule has 1 atom stereocenters. The molecule has 1 unspecified atom stereocenters. The molecule has 2 heterocycles. The Morgan fingerprint density at radius 3 is 2.81 bits per heavy atom. The summed E-state index contributed by atoms with van der Waals surface area (Å²) in [5.74, 6) is 3.00. The van der Waals surface area contributed by atoms with Crippen molar-refractivity contribution in [3.05, 3.63) is 35.9 Å². The van der Waals surface area contributed by atoms with Gasteiger partial charge in [-0.3, -0.25) is 4.99 Å². The molecule has 0 bridgehead atoms. The van der Waals surface area contributed by atoms with Crippen molar-refractivity contribution < 1.29 is 0 Å². The average Bonchev–Trinajstić information content (AvgIpc) is 3.08. The molecule has 2 fully saturated rings. The van der Waals surface area contributed by atoms with Gasteiger partial charge in [-0.15, -0.1) is 0 Å². The van der Waals surface area contributed by atoms with E-state index in [9.17, 15) is 0 Å². The van der Waals surface area contributed by atoms with Gasteiger partial charge in [0.1, 0.15) is 0 Å². The van der Waals surface area contributed by atoms with Crippen molar-refractivity contribution in [1.82, 2.24) is 15.1 Å². The first kappa shape index (κ1) is 19.6. The Bertz CT molecular complexity index is 587. The first-order valence-electron chi connectivity index (χ1n) is 9.91. The molecule has 0 radical (unpaired) electrons. The lowest BCUT2D eigenvalue weighted by Crippen LogP contribution is -2.51. The topological polar surface area (TPSA) is 30.9 Å². The minimum absolute atomic E-state index is 0.317. The maximum atomic E-state index is 4.54. The summed E-state index contributed by atoms with van der Waals surface area (Å²) in [5, 5.41) is 3.65. The lowest BCUT2D eigenvalue weighted by Gasteiger charge is -2.39. The number of hydrogen-bond donors (Lipinski definition) is 1. The number of benzene rings is 1. The predicted molar refractivity (Wildman–Crippen MR) is 114 cm³/mol. The largest absolute Gasteiger partial charge is 0.356 e. The second-order valence-electron chi connectivity index (χ2n) is 8.15. The van der Waals surface area contributed by atoms with Crippen molar-refractivity contribution in [1.29, 1.82) is 0 Å². The number of likely N-dealkylation sites (tertiary alicyclic amines) is 1. The zero-order chi connectivity index (χ0) is 18.4. The molecule has 2 aliphatic heterocycles. The fraction of sp³-hybridized carbons (Fsp3) is 0.667. The van der Waals surface area contributed by atoms with E-state index >= 15 is 0 Å². The van der Waals surface area contributed by atoms with Crippen LogP contribution < -0.4 is 5.32 Å². The molecule has 0 saturated carbocycles. The van der Waals surface area contributed by atoms with Crippen LogP contribution in [0.3, 0.4) is 0 Å². The molecule has 2 saturated heterocycles. The third-order valence-electron chi connectivity index (χ3n) is 5.42. The smallest absolute Gasteiger partial charge is 0.193 e. The third kappa shape index (κ3) is 5.65. The van der Waals surface area contributed by atoms with Crippen LogP contribution >= 0.6 is 11.8 Å². The summed E-state index contributed by atoms with van der Waals surface area (Å²) in [6.07, 6.45) is 2.45. The quantitative estimate of drug-likeness (QED) is 0.634. The Morgan fingerprint density at radius 1 is 1.27 bits per heavy atom. The summed E-state index contributed by atoms with van der Waals surface area (Å²) in [7, 11) is 1.91. The molecule has 0 spiro atoms. The summed E-state index contributed by atoms with van der Waals surface area (Å²) in [5.41, 5.74) is 1.44. The Kier molecular flexibility index (Phi) is 6.87. The molecule has 5 heteroatoms. The molecule has 0 aromatic heterocycles. The highest BCUT2D eigenvalue weighted by atomic mass is 32.2. The Balaban J connectivity index is 1.40. The first-order valence-corrected chi connectivity index (χ1v) is 10.9. The second kappa shape index (κ2) is 9.14. The van der Waals surface area contributed by atoms with E-state index in [-0.39, 0.29) is 0 Å². The van der Waals surface area contributed by atoms with Crippen molar-refractivity contribution in [2.45, 2.75) is 31.4 Å². The van der Waals surface area contributed by atoms with Crippen molar-refractivity contribution in [2.24, 2.45) is 10.9 Å². The van der Waals surface area contributed by atoms with Crippen LogP contribution in [0.15, 0.2) is 35.3 Å². The fourth-order valence-corrected chi connectivity index (χ4v) is 5.09. The van der Waals surface area contributed by atoms with Crippen LogP contribution in [0.2, 0.25) is 0 Å². The minimum atomic E-state index is 0.317. The van der Waals surface area contributed by atoms with E-state index in [2.05, 4.69) is 76.1 Å². The Morgan fingerprint density at radius 2 is 2.08 bits per heavy atom. The number of aliphatic imine (C=N–C) groups is 1. The van der Waals surface area contributed by atoms with Crippen LogP contribution in [0.1, 0.15) is 25.8 Å². The number of nitrogens with one attached hydrogen (secondary N) is 1. The molecule has 1 N–H and O–H groups in total. The van der Waals surface area contributed by atoms with E-state index in [1.807, 2.05) is 7.05 Å². The molecule has 0 aliphatic carbocycles. The van der Waals surface area contributed by atoms with Crippen LogP contribution in [-0.2, 0) is 6.42 Å². The van der Waals surface area contributed by atoms with Crippen LogP contribution in [0.5, 0.6) is 0 Å². The van der Waals surface area contributed by atoms with Gasteiger partial charge in [0.15, 0.2) is 5.96 Å². The standard InChI is InChI=1S/C21H34N4S/c1-21(2)17-25(13-14-26-21)20(22-3)23-15-19-10-12-24(16-19)11-9-18-7-5-4-6-8-18/h4-8,19H,9-17H2,1-3H3,(H,22,23). The zero-order valence-corrected chi connectivity index (χ0v) is 17.4. The first-order chi connectivity index (χ1) is 12.6. The van der Waals surface area contributed by atoms with Gasteiger partial charge < -0.3 is 15.1 Å². The highest BCUT2D eigenvalue weighted by molar-refractivity contribution is 8.00. The maximum Gasteiger partial charge on any atom is 0.193 e. The van der Waals surface area contributed by atoms with Gasteiger partial charge >= 0.3 is 0 Å². The fourth-order valence-electron chi connectivity index (χ4n) is 3.98. The molecule has 4 nitrogen and oxygen atoms in total. The Hall–Kier alpha value is -1.20. The molecule has 26 heavy (non-hydrogen) atoms. The average molecular weight is 375 g/mol. The number of nitrogens with zero attached hydrogens (tertiary/aromatic N) is 3. The van der Waals surface area contributed by atoms with E-state index in [0.29, 0.717) is 4.75 Å². The summed E-state index contributed by atoms with van der Waals surface area (Å²) in [6.45, 7) is 11.5. The molecule has 1 aromatic rings. The lowest BCUT2D eigenvalue weighted by molar-refractivity contribution is 0.325. The molecule has 0 amide bonds. The second-order valence-corrected chi connectivity index (χ2v) is 9.95. The van der Waals surface area contributed by atoms with Crippen LogP contribution in [0.4, 0.5) is 0 Å². The van der Waals surface area contributed by atoms with Crippen LogP contribution in [0.25, 0.3) is 0 Å². The van der Waals surface area contributed by atoms with E-state index in [4.69, 9.17) is 0 Å². The summed E-state index contributed by atoms with van der Waals surface area (Å²) < 4.78 is 0.317. The van der Waals surface area contributed by atoms with Crippen molar-refractivity contribution in [3.63, 3.8) is 0 Å². The number of hydrogen-bond acceptors (Lipinski definition) is 3. The van der Waals surface area contributed by atoms with Crippen LogP contribution in [0, 0.1) is 5.92 Å². The van der Waals surface area contributed by atoms with Crippen molar-refractivity contribution >= 4 is 17.7 Å². The number of guanidine groups is 1. The van der Waals surface area contributed by atoms with E-state index in [1.165, 1.54) is 37.4 Å². The van der Waals surface area contributed by atoms with Crippen molar-refractivity contribution in [2.75, 3.05) is 52.1 Å². The highest BCUT2D eigenvalue weighted by Crippen LogP contribution is 2.29. The van der Waals surface area contributed by atoms with Gasteiger partial charge in [0, 0.05) is 50.3 Å².